The van der Waals surface area contributed by atoms with E-state index in [1.54, 1.807) is 0 Å². The number of carbonyl (C=O) groups is 2. The van der Waals surface area contributed by atoms with E-state index in [9.17, 15) is 27.2 Å². The van der Waals surface area contributed by atoms with Gasteiger partial charge in [-0.25, -0.2) is 9.18 Å². The van der Waals surface area contributed by atoms with Crippen molar-refractivity contribution in [1.29, 1.82) is 0 Å². The van der Waals surface area contributed by atoms with Gasteiger partial charge in [0.1, 0.15) is 5.82 Å². The fourth-order valence-electron chi connectivity index (χ4n) is 1.11. The Balaban J connectivity index is 3.07. The lowest BCUT2D eigenvalue weighted by molar-refractivity contribution is -0.146. The Hall–Kier alpha value is -2.18. The van der Waals surface area contributed by atoms with E-state index in [-0.39, 0.29) is 5.56 Å². The van der Waals surface area contributed by atoms with E-state index >= 15 is 0 Å². The molecule has 96 valence electrons. The molecule has 1 N–H and O–H groups in total. The van der Waals surface area contributed by atoms with Crippen molar-refractivity contribution in [3.8, 4) is 0 Å². The third-order valence-electron chi connectivity index (χ3n) is 1.93. The molecule has 1 aromatic carbocycles. The SMILES string of the molecule is O=C(O)C(=O)/C=C/c1ccc(F)c(C(F)(F)F)c1. The summed E-state index contributed by atoms with van der Waals surface area (Å²) in [6.07, 6.45) is -3.40. The molecule has 0 heterocycles. The second kappa shape index (κ2) is 4.99. The smallest absolute Gasteiger partial charge is 0.419 e. The Morgan fingerprint density at radius 2 is 1.83 bits per heavy atom. The number of alkyl halides is 3. The third kappa shape index (κ3) is 3.41. The fraction of sp³-hybridized carbons (Fsp3) is 0.0909. The van der Waals surface area contributed by atoms with Gasteiger partial charge in [-0.15, -0.1) is 0 Å². The van der Waals surface area contributed by atoms with Crippen molar-refractivity contribution >= 4 is 17.8 Å². The molecule has 1 rings (SSSR count). The minimum atomic E-state index is -4.86. The summed E-state index contributed by atoms with van der Waals surface area (Å²) in [6, 6.07) is 2.07. The van der Waals surface area contributed by atoms with Crippen LogP contribution in [0.1, 0.15) is 11.1 Å². The molecule has 7 heteroatoms. The van der Waals surface area contributed by atoms with Gasteiger partial charge in [-0.3, -0.25) is 4.79 Å². The van der Waals surface area contributed by atoms with Gasteiger partial charge in [-0.2, -0.15) is 13.2 Å². The van der Waals surface area contributed by atoms with Gasteiger partial charge >= 0.3 is 12.1 Å². The summed E-state index contributed by atoms with van der Waals surface area (Å²) in [6.45, 7) is 0. The lowest BCUT2D eigenvalue weighted by Gasteiger charge is -2.08. The summed E-state index contributed by atoms with van der Waals surface area (Å²) in [5, 5.41) is 8.25. The van der Waals surface area contributed by atoms with E-state index in [0.717, 1.165) is 12.1 Å². The second-order valence-corrected chi connectivity index (χ2v) is 3.24. The quantitative estimate of drug-likeness (QED) is 0.517. The largest absolute Gasteiger partial charge is 0.475 e. The highest BCUT2D eigenvalue weighted by Crippen LogP contribution is 2.32. The molecule has 0 amide bonds. The van der Waals surface area contributed by atoms with Gasteiger partial charge in [0, 0.05) is 0 Å². The van der Waals surface area contributed by atoms with Crippen molar-refractivity contribution < 1.29 is 32.3 Å². The molecule has 1 aromatic rings. The molecule has 0 aromatic heterocycles. The number of rotatable bonds is 3. The summed E-state index contributed by atoms with van der Waals surface area (Å²) >= 11 is 0. The second-order valence-electron chi connectivity index (χ2n) is 3.24. The van der Waals surface area contributed by atoms with Gasteiger partial charge in [-0.05, 0) is 23.8 Å². The highest BCUT2D eigenvalue weighted by Gasteiger charge is 2.33. The van der Waals surface area contributed by atoms with E-state index < -0.39 is 29.3 Å². The molecule has 0 unspecified atom stereocenters. The number of carbonyl (C=O) groups excluding carboxylic acids is 1. The molecule has 0 saturated heterocycles. The number of hydrogen-bond acceptors (Lipinski definition) is 2. The zero-order valence-electron chi connectivity index (χ0n) is 8.66. The number of carboxylic acids is 1. The van der Waals surface area contributed by atoms with Crippen LogP contribution in [-0.2, 0) is 15.8 Å². The predicted molar refractivity (Wildman–Crippen MR) is 53.1 cm³/mol. The first kappa shape index (κ1) is 13.9. The van der Waals surface area contributed by atoms with Gasteiger partial charge in [0.2, 0.25) is 0 Å². The third-order valence-corrected chi connectivity index (χ3v) is 1.93. The first-order valence-electron chi connectivity index (χ1n) is 4.54. The van der Waals surface area contributed by atoms with Crippen molar-refractivity contribution in [2.24, 2.45) is 0 Å². The Kier molecular flexibility index (Phi) is 3.85. The van der Waals surface area contributed by atoms with Crippen LogP contribution in [0.5, 0.6) is 0 Å². The maximum Gasteiger partial charge on any atom is 0.419 e. The van der Waals surface area contributed by atoms with Gasteiger partial charge in [0.15, 0.2) is 0 Å². The van der Waals surface area contributed by atoms with Crippen molar-refractivity contribution in [2.75, 3.05) is 0 Å². The van der Waals surface area contributed by atoms with Crippen LogP contribution in [0, 0.1) is 5.82 Å². The zero-order valence-corrected chi connectivity index (χ0v) is 8.66. The average molecular weight is 262 g/mol. The number of ketones is 1. The minimum Gasteiger partial charge on any atom is -0.475 e. The number of halogens is 4. The summed E-state index contributed by atoms with van der Waals surface area (Å²) in [7, 11) is 0. The van der Waals surface area contributed by atoms with Gasteiger partial charge in [0.25, 0.3) is 5.78 Å². The van der Waals surface area contributed by atoms with E-state index in [1.165, 1.54) is 0 Å². The van der Waals surface area contributed by atoms with Crippen molar-refractivity contribution in [1.82, 2.24) is 0 Å². The predicted octanol–water partition coefficient (Wildman–Crippen LogP) is 2.51. The lowest BCUT2D eigenvalue weighted by Crippen LogP contribution is -2.09. The van der Waals surface area contributed by atoms with Crippen LogP contribution in [0.4, 0.5) is 17.6 Å². The molecule has 0 atom stereocenters. The highest BCUT2D eigenvalue weighted by molar-refractivity contribution is 6.38. The molecular weight excluding hydrogens is 256 g/mol. The van der Waals surface area contributed by atoms with Crippen LogP contribution in [0.15, 0.2) is 24.3 Å². The molecule has 18 heavy (non-hydrogen) atoms. The van der Waals surface area contributed by atoms with Crippen molar-refractivity contribution in [3.05, 3.63) is 41.2 Å². The normalized spacial score (nSPS) is 11.8. The number of benzene rings is 1. The molecule has 0 aliphatic rings. The van der Waals surface area contributed by atoms with Crippen LogP contribution in [0.2, 0.25) is 0 Å². The molecule has 0 spiro atoms. The Morgan fingerprint density at radius 1 is 1.22 bits per heavy atom. The maximum atomic E-state index is 12.9. The van der Waals surface area contributed by atoms with E-state index in [0.29, 0.717) is 18.2 Å². The maximum absolute atomic E-state index is 12.9. The molecular formula is C11H6F4O3. The molecule has 0 aliphatic heterocycles. The molecule has 0 aliphatic carbocycles. The van der Waals surface area contributed by atoms with E-state index in [2.05, 4.69) is 0 Å². The van der Waals surface area contributed by atoms with Gasteiger partial charge in [0.05, 0.1) is 5.56 Å². The van der Waals surface area contributed by atoms with Gasteiger partial charge in [-0.1, -0.05) is 12.1 Å². The average Bonchev–Trinajstić information content (AvgIpc) is 2.25. The fourth-order valence-corrected chi connectivity index (χ4v) is 1.11. The zero-order chi connectivity index (χ0) is 13.9. The summed E-state index contributed by atoms with van der Waals surface area (Å²) < 4.78 is 49.9. The standard InChI is InChI=1S/C11H6F4O3/c12-8-3-1-6(2-4-9(16)10(17)18)5-7(8)11(13,14)15/h1-5H,(H,17,18)/b4-2+. The number of aliphatic carboxylic acids is 1. The molecule has 0 bridgehead atoms. The minimum absolute atomic E-state index is 0.127. The Bertz CT molecular complexity index is 518. The number of hydrogen-bond donors (Lipinski definition) is 1. The topological polar surface area (TPSA) is 54.4 Å². The monoisotopic (exact) mass is 262 g/mol. The van der Waals surface area contributed by atoms with Crippen LogP contribution < -0.4 is 0 Å². The molecule has 3 nitrogen and oxygen atoms in total. The lowest BCUT2D eigenvalue weighted by atomic mass is 10.1. The van der Waals surface area contributed by atoms with E-state index in [1.807, 2.05) is 0 Å². The van der Waals surface area contributed by atoms with E-state index in [4.69, 9.17) is 5.11 Å². The summed E-state index contributed by atoms with van der Waals surface area (Å²) in [5.74, 6) is -4.46. The Morgan fingerprint density at radius 3 is 2.33 bits per heavy atom. The summed E-state index contributed by atoms with van der Waals surface area (Å²) in [5.41, 5.74) is -1.61. The Labute approximate surface area is 98.3 Å². The molecule has 0 saturated carbocycles. The van der Waals surface area contributed by atoms with Crippen LogP contribution in [0.25, 0.3) is 6.08 Å². The first-order chi connectivity index (χ1) is 8.21. The number of carboxylic acid groups (broad SMARTS) is 1. The van der Waals surface area contributed by atoms with Crippen LogP contribution >= 0.6 is 0 Å². The summed E-state index contributed by atoms with van der Waals surface area (Å²) in [4.78, 5) is 20.8. The highest BCUT2D eigenvalue weighted by atomic mass is 19.4. The van der Waals surface area contributed by atoms with Crippen LogP contribution in [0.3, 0.4) is 0 Å². The van der Waals surface area contributed by atoms with Crippen LogP contribution in [-0.4, -0.2) is 16.9 Å². The molecule has 0 radical (unpaired) electrons. The first-order valence-corrected chi connectivity index (χ1v) is 4.54. The van der Waals surface area contributed by atoms with Crippen molar-refractivity contribution in [3.63, 3.8) is 0 Å². The van der Waals surface area contributed by atoms with Gasteiger partial charge < -0.3 is 5.11 Å². The molecule has 0 fully saturated rings. The van der Waals surface area contributed by atoms with Crippen molar-refractivity contribution in [2.45, 2.75) is 6.18 Å².